The van der Waals surface area contributed by atoms with Crippen LogP contribution in [0.4, 0.5) is 0 Å². The summed E-state index contributed by atoms with van der Waals surface area (Å²) in [6.45, 7) is 4.04. The van der Waals surface area contributed by atoms with Crippen LogP contribution in [0, 0.1) is 5.92 Å². The molecule has 2 rings (SSSR count). The van der Waals surface area contributed by atoms with E-state index in [1.807, 2.05) is 38.1 Å². The van der Waals surface area contributed by atoms with Crippen molar-refractivity contribution >= 4 is 35.1 Å². The number of carbonyl (C=O) groups excluding carboxylic acids is 2. The molecule has 4 nitrogen and oxygen atoms in total. The first-order valence-corrected chi connectivity index (χ1v) is 9.55. The summed E-state index contributed by atoms with van der Waals surface area (Å²) in [5, 5.41) is 4.03. The van der Waals surface area contributed by atoms with Gasteiger partial charge in [0, 0.05) is 16.6 Å². The highest BCUT2D eigenvalue weighted by atomic mass is 35.5. The smallest absolute Gasteiger partial charge is 0.314 e. The third-order valence-corrected chi connectivity index (χ3v) is 4.65. The van der Waals surface area contributed by atoms with Gasteiger partial charge >= 0.3 is 5.97 Å². The Morgan fingerprint density at radius 3 is 2.07 bits per heavy atom. The Morgan fingerprint density at radius 1 is 0.963 bits per heavy atom. The summed E-state index contributed by atoms with van der Waals surface area (Å²) >= 11 is 11.7. The average Bonchev–Trinajstić information content (AvgIpc) is 2.63. The first-order chi connectivity index (χ1) is 12.9. The van der Waals surface area contributed by atoms with Crippen LogP contribution in [0.15, 0.2) is 48.5 Å². The lowest BCUT2D eigenvalue weighted by molar-refractivity contribution is -0.151. The Balaban J connectivity index is 1.80. The molecule has 0 aromatic heterocycles. The fourth-order valence-corrected chi connectivity index (χ4v) is 2.99. The van der Waals surface area contributed by atoms with Crippen LogP contribution in [0.1, 0.15) is 30.9 Å². The predicted octanol–water partition coefficient (Wildman–Crippen LogP) is 4.64. The monoisotopic (exact) mass is 407 g/mol. The second kappa shape index (κ2) is 10.3. The number of carbonyl (C=O) groups is 2. The van der Waals surface area contributed by atoms with Crippen LogP contribution in [0.3, 0.4) is 0 Å². The van der Waals surface area contributed by atoms with Gasteiger partial charge in [-0.15, -0.1) is 0 Å². The molecule has 144 valence electrons. The Labute approximate surface area is 169 Å². The van der Waals surface area contributed by atoms with E-state index in [1.165, 1.54) is 0 Å². The number of hydrogen-bond acceptors (Lipinski definition) is 3. The number of halogens is 2. The zero-order valence-electron chi connectivity index (χ0n) is 15.4. The van der Waals surface area contributed by atoms with Gasteiger partial charge in [-0.25, -0.2) is 0 Å². The fourth-order valence-electron chi connectivity index (χ4n) is 2.74. The van der Waals surface area contributed by atoms with Crippen LogP contribution in [0.2, 0.25) is 10.0 Å². The zero-order chi connectivity index (χ0) is 19.8. The molecule has 0 fully saturated rings. The normalized spacial score (nSPS) is 11.9. The maximum atomic E-state index is 12.5. The fraction of sp³-hybridized carbons (Fsp3) is 0.333. The first kappa shape index (κ1) is 21.3. The molecule has 0 bridgehead atoms. The van der Waals surface area contributed by atoms with Crippen LogP contribution in [-0.2, 0) is 20.7 Å². The Morgan fingerprint density at radius 2 is 1.52 bits per heavy atom. The molecule has 0 heterocycles. The Bertz CT molecular complexity index is 758. The zero-order valence-corrected chi connectivity index (χ0v) is 16.9. The third kappa shape index (κ3) is 6.89. The van der Waals surface area contributed by atoms with Crippen molar-refractivity contribution < 1.29 is 14.3 Å². The van der Waals surface area contributed by atoms with Gasteiger partial charge < -0.3 is 10.1 Å². The Hall–Kier alpha value is -2.04. The molecule has 2 aromatic carbocycles. The SMILES string of the molecule is CC(C)[C@@H](C(=O)OCC(=O)NCCc1ccc(Cl)cc1)c1ccc(Cl)cc1. The molecule has 1 amide bonds. The van der Waals surface area contributed by atoms with Crippen molar-refractivity contribution in [2.45, 2.75) is 26.2 Å². The van der Waals surface area contributed by atoms with Gasteiger partial charge in [0.05, 0.1) is 5.92 Å². The molecule has 2 aromatic rings. The third-order valence-electron chi connectivity index (χ3n) is 4.14. The standard InChI is InChI=1S/C21H23Cl2NO3/c1-14(2)20(16-5-9-18(23)10-6-16)21(26)27-13-19(25)24-12-11-15-3-7-17(22)8-4-15/h3-10,14,20H,11-13H2,1-2H3,(H,24,25)/t20-/m1/s1. The molecule has 0 radical (unpaired) electrons. The van der Waals surface area contributed by atoms with Crippen LogP contribution in [-0.4, -0.2) is 25.0 Å². The van der Waals surface area contributed by atoms with Gasteiger partial charge in [-0.3, -0.25) is 9.59 Å². The average molecular weight is 408 g/mol. The van der Waals surface area contributed by atoms with Gasteiger partial charge in [0.2, 0.25) is 0 Å². The highest BCUT2D eigenvalue weighted by Crippen LogP contribution is 2.27. The maximum Gasteiger partial charge on any atom is 0.314 e. The van der Waals surface area contributed by atoms with Gasteiger partial charge in [-0.2, -0.15) is 0 Å². The van der Waals surface area contributed by atoms with Crippen molar-refractivity contribution in [1.29, 1.82) is 0 Å². The van der Waals surface area contributed by atoms with Crippen LogP contribution in [0.25, 0.3) is 0 Å². The van der Waals surface area contributed by atoms with Crippen molar-refractivity contribution in [2.75, 3.05) is 13.2 Å². The molecule has 0 spiro atoms. The highest BCUT2D eigenvalue weighted by molar-refractivity contribution is 6.30. The van der Waals surface area contributed by atoms with Crippen molar-refractivity contribution in [3.63, 3.8) is 0 Å². The molecule has 1 atom stereocenters. The molecule has 27 heavy (non-hydrogen) atoms. The number of esters is 1. The van der Waals surface area contributed by atoms with Gasteiger partial charge in [0.15, 0.2) is 6.61 Å². The van der Waals surface area contributed by atoms with E-state index in [9.17, 15) is 9.59 Å². The molecule has 0 aliphatic heterocycles. The lowest BCUT2D eigenvalue weighted by Gasteiger charge is -2.20. The summed E-state index contributed by atoms with van der Waals surface area (Å²) in [6, 6.07) is 14.5. The minimum atomic E-state index is -0.441. The second-order valence-electron chi connectivity index (χ2n) is 6.61. The first-order valence-electron chi connectivity index (χ1n) is 8.80. The highest BCUT2D eigenvalue weighted by Gasteiger charge is 2.26. The summed E-state index contributed by atoms with van der Waals surface area (Å²) in [5.41, 5.74) is 1.89. The van der Waals surface area contributed by atoms with Gasteiger partial charge in [-0.1, -0.05) is 61.3 Å². The molecule has 1 N–H and O–H groups in total. The minimum Gasteiger partial charge on any atom is -0.455 e. The predicted molar refractivity (Wildman–Crippen MR) is 108 cm³/mol. The molecule has 0 unspecified atom stereocenters. The number of nitrogens with one attached hydrogen (secondary N) is 1. The van der Waals surface area contributed by atoms with Crippen molar-refractivity contribution in [2.24, 2.45) is 5.92 Å². The molecule has 0 aliphatic rings. The summed E-state index contributed by atoms with van der Waals surface area (Å²) in [7, 11) is 0. The van der Waals surface area contributed by atoms with Gasteiger partial charge in [-0.05, 0) is 47.7 Å². The van der Waals surface area contributed by atoms with E-state index in [0.29, 0.717) is 23.0 Å². The number of benzene rings is 2. The number of rotatable bonds is 8. The van der Waals surface area contributed by atoms with E-state index >= 15 is 0 Å². The van der Waals surface area contributed by atoms with Crippen molar-refractivity contribution in [3.8, 4) is 0 Å². The molecular weight excluding hydrogens is 385 g/mol. The summed E-state index contributed by atoms with van der Waals surface area (Å²) in [4.78, 5) is 24.4. The molecular formula is C21H23Cl2NO3. The van der Waals surface area contributed by atoms with E-state index < -0.39 is 11.9 Å². The van der Waals surface area contributed by atoms with Crippen LogP contribution in [0.5, 0.6) is 0 Å². The van der Waals surface area contributed by atoms with E-state index in [2.05, 4.69) is 5.32 Å². The van der Waals surface area contributed by atoms with Crippen molar-refractivity contribution in [1.82, 2.24) is 5.32 Å². The molecule has 6 heteroatoms. The van der Waals surface area contributed by atoms with E-state index in [0.717, 1.165) is 11.1 Å². The number of hydrogen-bond donors (Lipinski definition) is 1. The van der Waals surface area contributed by atoms with Gasteiger partial charge in [0.1, 0.15) is 0 Å². The van der Waals surface area contributed by atoms with Crippen LogP contribution >= 0.6 is 23.2 Å². The Kier molecular flexibility index (Phi) is 8.14. The van der Waals surface area contributed by atoms with Crippen LogP contribution < -0.4 is 5.32 Å². The lowest BCUT2D eigenvalue weighted by Crippen LogP contribution is -2.32. The number of ether oxygens (including phenoxy) is 1. The second-order valence-corrected chi connectivity index (χ2v) is 7.48. The topological polar surface area (TPSA) is 55.4 Å². The van der Waals surface area contributed by atoms with E-state index in [1.54, 1.807) is 24.3 Å². The van der Waals surface area contributed by atoms with E-state index in [4.69, 9.17) is 27.9 Å². The minimum absolute atomic E-state index is 0.0339. The molecule has 0 saturated heterocycles. The number of amides is 1. The lowest BCUT2D eigenvalue weighted by atomic mass is 9.88. The quantitative estimate of drug-likeness (QED) is 0.648. The largest absolute Gasteiger partial charge is 0.455 e. The summed E-state index contributed by atoms with van der Waals surface area (Å²) in [5.74, 6) is -1.15. The molecule has 0 saturated carbocycles. The summed E-state index contributed by atoms with van der Waals surface area (Å²) < 4.78 is 5.23. The van der Waals surface area contributed by atoms with Crippen molar-refractivity contribution in [3.05, 3.63) is 69.7 Å². The van der Waals surface area contributed by atoms with E-state index in [-0.39, 0.29) is 18.4 Å². The summed E-state index contributed by atoms with van der Waals surface area (Å²) in [6.07, 6.45) is 0.677. The van der Waals surface area contributed by atoms with Gasteiger partial charge in [0.25, 0.3) is 5.91 Å². The maximum absolute atomic E-state index is 12.5. The molecule has 0 aliphatic carbocycles.